The lowest BCUT2D eigenvalue weighted by molar-refractivity contribution is -0.135. The summed E-state index contributed by atoms with van der Waals surface area (Å²) in [4.78, 5) is 14.1. The second-order valence-corrected chi connectivity index (χ2v) is 5.68. The van der Waals surface area contributed by atoms with Gasteiger partial charge in [0, 0.05) is 38.3 Å². The molecular formula is C17H20FN3O2. The number of aromatic nitrogens is 2. The molecule has 122 valence electrons. The van der Waals surface area contributed by atoms with Crippen molar-refractivity contribution < 1.29 is 13.9 Å². The molecule has 5 nitrogen and oxygen atoms in total. The first-order valence-corrected chi connectivity index (χ1v) is 7.77. The number of amides is 1. The van der Waals surface area contributed by atoms with Gasteiger partial charge in [-0.05, 0) is 36.2 Å². The van der Waals surface area contributed by atoms with Crippen molar-refractivity contribution in [1.82, 2.24) is 14.7 Å². The van der Waals surface area contributed by atoms with Crippen LogP contribution >= 0.6 is 0 Å². The Morgan fingerprint density at radius 3 is 2.65 bits per heavy atom. The number of carbonyl (C=O) groups is 1. The molecule has 0 bridgehead atoms. The summed E-state index contributed by atoms with van der Waals surface area (Å²) in [6, 6.07) is 6.27. The fraction of sp³-hybridized carbons (Fsp3) is 0.412. The Labute approximate surface area is 134 Å². The van der Waals surface area contributed by atoms with Gasteiger partial charge in [0.25, 0.3) is 0 Å². The third kappa shape index (κ3) is 3.76. The van der Waals surface area contributed by atoms with Gasteiger partial charge < -0.3 is 9.64 Å². The molecule has 2 heterocycles. The number of aryl methyl sites for hydroxylation is 2. The van der Waals surface area contributed by atoms with Crippen molar-refractivity contribution in [3.63, 3.8) is 0 Å². The topological polar surface area (TPSA) is 47.4 Å². The summed E-state index contributed by atoms with van der Waals surface area (Å²) in [6.07, 6.45) is 2.99. The van der Waals surface area contributed by atoms with Crippen molar-refractivity contribution in [2.24, 2.45) is 7.05 Å². The largest absolute Gasteiger partial charge is 0.378 e. The van der Waals surface area contributed by atoms with Crippen LogP contribution in [0.5, 0.6) is 0 Å². The number of halogens is 1. The average Bonchev–Trinajstić information content (AvgIpc) is 2.95. The fourth-order valence-electron chi connectivity index (χ4n) is 2.78. The molecular weight excluding hydrogens is 297 g/mol. The van der Waals surface area contributed by atoms with E-state index < -0.39 is 0 Å². The predicted molar refractivity (Wildman–Crippen MR) is 84.3 cm³/mol. The van der Waals surface area contributed by atoms with Crippen molar-refractivity contribution in [3.05, 3.63) is 41.8 Å². The monoisotopic (exact) mass is 317 g/mol. The van der Waals surface area contributed by atoms with Gasteiger partial charge in [0.1, 0.15) is 5.82 Å². The summed E-state index contributed by atoms with van der Waals surface area (Å²) in [5.74, 6) is -0.129. The van der Waals surface area contributed by atoms with E-state index in [-0.39, 0.29) is 11.7 Å². The van der Waals surface area contributed by atoms with Crippen LogP contribution in [0.1, 0.15) is 12.0 Å². The molecule has 1 saturated heterocycles. The minimum absolute atomic E-state index is 0.141. The van der Waals surface area contributed by atoms with Crippen LogP contribution in [-0.2, 0) is 23.0 Å². The van der Waals surface area contributed by atoms with Crippen molar-refractivity contribution in [1.29, 1.82) is 0 Å². The molecule has 1 amide bonds. The van der Waals surface area contributed by atoms with Crippen LogP contribution in [0.4, 0.5) is 4.39 Å². The number of rotatable bonds is 4. The molecule has 0 aliphatic carbocycles. The lowest BCUT2D eigenvalue weighted by Crippen LogP contribution is -2.40. The van der Waals surface area contributed by atoms with Gasteiger partial charge in [-0.3, -0.25) is 9.48 Å². The second-order valence-electron chi connectivity index (χ2n) is 5.68. The lowest BCUT2D eigenvalue weighted by Gasteiger charge is -2.26. The van der Waals surface area contributed by atoms with E-state index in [2.05, 4.69) is 5.10 Å². The van der Waals surface area contributed by atoms with E-state index in [1.807, 2.05) is 18.1 Å². The lowest BCUT2D eigenvalue weighted by atomic mass is 10.0. The highest BCUT2D eigenvalue weighted by Gasteiger charge is 2.18. The molecule has 0 saturated carbocycles. The normalized spacial score (nSPS) is 15.0. The van der Waals surface area contributed by atoms with Gasteiger partial charge in [0.15, 0.2) is 0 Å². The molecule has 0 N–H and O–H groups in total. The standard InChI is InChI=1S/C17H20FN3O2/c1-20-12-14(4-7-16(22)21-8-10-23-11-9-21)17(19-20)13-2-5-15(18)6-3-13/h2-3,5-6,12H,4,7-11H2,1H3. The first-order valence-electron chi connectivity index (χ1n) is 7.77. The predicted octanol–water partition coefficient (Wildman–Crippen LogP) is 2.02. The van der Waals surface area contributed by atoms with Gasteiger partial charge in [0.05, 0.1) is 18.9 Å². The average molecular weight is 317 g/mol. The maximum atomic E-state index is 13.1. The van der Waals surface area contributed by atoms with Crippen LogP contribution in [0.15, 0.2) is 30.5 Å². The third-order valence-electron chi connectivity index (χ3n) is 3.99. The summed E-state index contributed by atoms with van der Waals surface area (Å²) in [5, 5.41) is 4.45. The molecule has 0 unspecified atom stereocenters. The Morgan fingerprint density at radius 2 is 1.96 bits per heavy atom. The molecule has 0 atom stereocenters. The van der Waals surface area contributed by atoms with E-state index in [0.29, 0.717) is 39.1 Å². The molecule has 3 rings (SSSR count). The Bertz CT molecular complexity index is 676. The molecule has 1 fully saturated rings. The van der Waals surface area contributed by atoms with E-state index in [0.717, 1.165) is 16.8 Å². The van der Waals surface area contributed by atoms with Crippen molar-refractivity contribution in [2.45, 2.75) is 12.8 Å². The smallest absolute Gasteiger partial charge is 0.223 e. The van der Waals surface area contributed by atoms with Gasteiger partial charge in [-0.2, -0.15) is 5.10 Å². The highest BCUT2D eigenvalue weighted by Crippen LogP contribution is 2.23. The number of benzene rings is 1. The Kier molecular flexibility index (Phi) is 4.71. The maximum absolute atomic E-state index is 13.1. The van der Waals surface area contributed by atoms with Crippen molar-refractivity contribution in [2.75, 3.05) is 26.3 Å². The van der Waals surface area contributed by atoms with E-state index >= 15 is 0 Å². The summed E-state index contributed by atoms with van der Waals surface area (Å²) in [5.41, 5.74) is 2.67. The number of hydrogen-bond acceptors (Lipinski definition) is 3. The molecule has 2 aromatic rings. The Hall–Kier alpha value is -2.21. The van der Waals surface area contributed by atoms with Crippen molar-refractivity contribution in [3.8, 4) is 11.3 Å². The number of carbonyl (C=O) groups excluding carboxylic acids is 1. The number of nitrogens with zero attached hydrogens (tertiary/aromatic N) is 3. The Morgan fingerprint density at radius 1 is 1.26 bits per heavy atom. The molecule has 0 spiro atoms. The van der Waals surface area contributed by atoms with Crippen LogP contribution in [0.3, 0.4) is 0 Å². The van der Waals surface area contributed by atoms with Crippen molar-refractivity contribution >= 4 is 5.91 Å². The summed E-state index contributed by atoms with van der Waals surface area (Å²) >= 11 is 0. The van der Waals surface area contributed by atoms with E-state index in [4.69, 9.17) is 4.74 Å². The van der Waals surface area contributed by atoms with Crippen LogP contribution in [-0.4, -0.2) is 46.9 Å². The third-order valence-corrected chi connectivity index (χ3v) is 3.99. The van der Waals surface area contributed by atoms with Gasteiger partial charge in [-0.1, -0.05) is 0 Å². The first-order chi connectivity index (χ1) is 11.1. The van der Waals surface area contributed by atoms with Gasteiger partial charge in [-0.15, -0.1) is 0 Å². The van der Waals surface area contributed by atoms with E-state index in [9.17, 15) is 9.18 Å². The van der Waals surface area contributed by atoms with E-state index in [1.165, 1.54) is 12.1 Å². The van der Waals surface area contributed by atoms with E-state index in [1.54, 1.807) is 16.8 Å². The summed E-state index contributed by atoms with van der Waals surface area (Å²) in [6.45, 7) is 2.55. The zero-order valence-electron chi connectivity index (χ0n) is 13.2. The van der Waals surface area contributed by atoms with Gasteiger partial charge in [-0.25, -0.2) is 4.39 Å². The summed E-state index contributed by atoms with van der Waals surface area (Å²) < 4.78 is 20.1. The minimum Gasteiger partial charge on any atom is -0.378 e. The molecule has 1 aliphatic rings. The molecule has 1 aromatic carbocycles. The van der Waals surface area contributed by atoms with Crippen LogP contribution in [0, 0.1) is 5.82 Å². The molecule has 0 radical (unpaired) electrons. The number of hydrogen-bond donors (Lipinski definition) is 0. The molecule has 1 aliphatic heterocycles. The minimum atomic E-state index is -0.270. The molecule has 6 heteroatoms. The molecule has 23 heavy (non-hydrogen) atoms. The highest BCUT2D eigenvalue weighted by molar-refractivity contribution is 5.77. The highest BCUT2D eigenvalue weighted by atomic mass is 19.1. The van der Waals surface area contributed by atoms with Crippen LogP contribution in [0.25, 0.3) is 11.3 Å². The quantitative estimate of drug-likeness (QED) is 0.867. The Balaban J connectivity index is 1.70. The summed E-state index contributed by atoms with van der Waals surface area (Å²) in [7, 11) is 1.85. The van der Waals surface area contributed by atoms with Gasteiger partial charge >= 0.3 is 0 Å². The van der Waals surface area contributed by atoms with Crippen LogP contribution < -0.4 is 0 Å². The zero-order valence-corrected chi connectivity index (χ0v) is 13.2. The number of ether oxygens (including phenoxy) is 1. The second kappa shape index (κ2) is 6.91. The first kappa shape index (κ1) is 15.7. The molecule has 1 aromatic heterocycles. The maximum Gasteiger partial charge on any atom is 0.223 e. The zero-order chi connectivity index (χ0) is 16.2. The van der Waals surface area contributed by atoms with Crippen LogP contribution in [0.2, 0.25) is 0 Å². The fourth-order valence-corrected chi connectivity index (χ4v) is 2.78. The number of morpholine rings is 1. The SMILES string of the molecule is Cn1cc(CCC(=O)N2CCOCC2)c(-c2ccc(F)cc2)n1. The van der Waals surface area contributed by atoms with Gasteiger partial charge in [0.2, 0.25) is 5.91 Å².